The Labute approximate surface area is 146 Å². The van der Waals surface area contributed by atoms with E-state index in [2.05, 4.69) is 30.3 Å². The summed E-state index contributed by atoms with van der Waals surface area (Å²) in [5.74, 6) is 0.872. The summed E-state index contributed by atoms with van der Waals surface area (Å²) < 4.78 is 5.87. The molecule has 3 aromatic rings. The van der Waals surface area contributed by atoms with Gasteiger partial charge in [0.05, 0.1) is 0 Å². The molecule has 0 spiro atoms. The second-order valence-corrected chi connectivity index (χ2v) is 6.82. The fourth-order valence-electron chi connectivity index (χ4n) is 2.14. The maximum Gasteiger partial charge on any atom is 0.120 e. The smallest absolute Gasteiger partial charge is 0.120 e. The second kappa shape index (κ2) is 7.58. The van der Waals surface area contributed by atoms with E-state index in [9.17, 15) is 0 Å². The van der Waals surface area contributed by atoms with Crippen LogP contribution in [0.4, 0.5) is 0 Å². The zero-order valence-corrected chi connectivity index (χ0v) is 14.4. The summed E-state index contributed by atoms with van der Waals surface area (Å²) >= 11 is 7.87. The van der Waals surface area contributed by atoms with Crippen molar-refractivity contribution in [2.24, 2.45) is 0 Å². The SMILES string of the molecule is Cc1ccc(Sc2cccc(OCc3ccccc3)c2)cc1Cl. The van der Waals surface area contributed by atoms with Gasteiger partial charge in [0.1, 0.15) is 12.4 Å². The molecule has 0 N–H and O–H groups in total. The highest BCUT2D eigenvalue weighted by Crippen LogP contribution is 2.32. The average molecular weight is 341 g/mol. The highest BCUT2D eigenvalue weighted by Gasteiger charge is 2.03. The lowest BCUT2D eigenvalue weighted by molar-refractivity contribution is 0.305. The first-order valence-electron chi connectivity index (χ1n) is 7.41. The van der Waals surface area contributed by atoms with Gasteiger partial charge >= 0.3 is 0 Å². The molecule has 0 radical (unpaired) electrons. The predicted molar refractivity (Wildman–Crippen MR) is 97.5 cm³/mol. The van der Waals surface area contributed by atoms with E-state index in [4.69, 9.17) is 16.3 Å². The summed E-state index contributed by atoms with van der Waals surface area (Å²) in [7, 11) is 0. The first kappa shape index (κ1) is 16.0. The van der Waals surface area contributed by atoms with Crippen molar-refractivity contribution >= 4 is 23.4 Å². The third kappa shape index (κ3) is 4.54. The van der Waals surface area contributed by atoms with Crippen molar-refractivity contribution in [3.05, 3.63) is 88.9 Å². The first-order valence-corrected chi connectivity index (χ1v) is 8.61. The topological polar surface area (TPSA) is 9.23 Å². The molecule has 3 rings (SSSR count). The highest BCUT2D eigenvalue weighted by molar-refractivity contribution is 7.99. The Morgan fingerprint density at radius 2 is 1.65 bits per heavy atom. The van der Waals surface area contributed by atoms with Gasteiger partial charge in [0.25, 0.3) is 0 Å². The minimum atomic E-state index is 0.575. The van der Waals surface area contributed by atoms with Crippen molar-refractivity contribution < 1.29 is 4.74 Å². The largest absolute Gasteiger partial charge is 0.489 e. The maximum absolute atomic E-state index is 6.19. The Bertz CT molecular complexity index is 787. The Kier molecular flexibility index (Phi) is 5.27. The van der Waals surface area contributed by atoms with Crippen LogP contribution in [0.5, 0.6) is 5.75 Å². The lowest BCUT2D eigenvalue weighted by Crippen LogP contribution is -1.94. The van der Waals surface area contributed by atoms with Crippen LogP contribution in [-0.4, -0.2) is 0 Å². The molecular formula is C20H17ClOS. The van der Waals surface area contributed by atoms with Crippen LogP contribution in [0.25, 0.3) is 0 Å². The fourth-order valence-corrected chi connectivity index (χ4v) is 3.29. The van der Waals surface area contributed by atoms with Gasteiger partial charge in [-0.05, 0) is 48.4 Å². The molecular weight excluding hydrogens is 324 g/mol. The minimum Gasteiger partial charge on any atom is -0.489 e. The van der Waals surface area contributed by atoms with E-state index in [1.807, 2.05) is 49.4 Å². The molecule has 0 aliphatic rings. The quantitative estimate of drug-likeness (QED) is 0.533. The number of aryl methyl sites for hydroxylation is 1. The lowest BCUT2D eigenvalue weighted by Gasteiger charge is -2.09. The maximum atomic E-state index is 6.19. The number of rotatable bonds is 5. The summed E-state index contributed by atoms with van der Waals surface area (Å²) in [6.45, 7) is 2.58. The van der Waals surface area contributed by atoms with Crippen LogP contribution in [0.15, 0.2) is 82.6 Å². The van der Waals surface area contributed by atoms with Crippen LogP contribution in [0.1, 0.15) is 11.1 Å². The van der Waals surface area contributed by atoms with Gasteiger partial charge in [0, 0.05) is 14.8 Å². The molecule has 0 saturated carbocycles. The first-order chi connectivity index (χ1) is 11.2. The summed E-state index contributed by atoms with van der Waals surface area (Å²) in [6, 6.07) is 24.4. The third-order valence-corrected chi connectivity index (χ3v) is 4.82. The number of halogens is 1. The summed E-state index contributed by atoms with van der Waals surface area (Å²) in [4.78, 5) is 2.26. The van der Waals surface area contributed by atoms with Crippen LogP contribution >= 0.6 is 23.4 Å². The predicted octanol–water partition coefficient (Wildman–Crippen LogP) is 6.38. The van der Waals surface area contributed by atoms with Gasteiger partial charge in [-0.3, -0.25) is 0 Å². The van der Waals surface area contributed by atoms with Crippen molar-refractivity contribution in [1.29, 1.82) is 0 Å². The van der Waals surface area contributed by atoms with Crippen molar-refractivity contribution in [2.45, 2.75) is 23.3 Å². The summed E-state index contributed by atoms with van der Waals surface area (Å²) in [5, 5.41) is 0.798. The fraction of sp³-hybridized carbons (Fsp3) is 0.100. The molecule has 0 saturated heterocycles. The molecule has 0 amide bonds. The van der Waals surface area contributed by atoms with E-state index >= 15 is 0 Å². The van der Waals surface area contributed by atoms with Gasteiger partial charge in [0.2, 0.25) is 0 Å². The number of ether oxygens (including phenoxy) is 1. The molecule has 0 aliphatic heterocycles. The van der Waals surface area contributed by atoms with E-state index in [0.29, 0.717) is 6.61 Å². The van der Waals surface area contributed by atoms with E-state index in [-0.39, 0.29) is 0 Å². The Balaban J connectivity index is 1.68. The van der Waals surface area contributed by atoms with E-state index < -0.39 is 0 Å². The Hall–Kier alpha value is -1.90. The Morgan fingerprint density at radius 3 is 2.43 bits per heavy atom. The molecule has 0 bridgehead atoms. The molecule has 0 unspecified atom stereocenters. The van der Waals surface area contributed by atoms with Crippen molar-refractivity contribution in [2.75, 3.05) is 0 Å². The number of hydrogen-bond donors (Lipinski definition) is 0. The number of hydrogen-bond acceptors (Lipinski definition) is 2. The van der Waals surface area contributed by atoms with Crippen LogP contribution in [-0.2, 0) is 6.61 Å². The molecule has 0 aliphatic carbocycles. The highest BCUT2D eigenvalue weighted by atomic mass is 35.5. The second-order valence-electron chi connectivity index (χ2n) is 5.26. The Morgan fingerprint density at radius 1 is 0.870 bits per heavy atom. The zero-order valence-electron chi connectivity index (χ0n) is 12.8. The minimum absolute atomic E-state index is 0.575. The van der Waals surface area contributed by atoms with Gasteiger partial charge in [-0.2, -0.15) is 0 Å². The molecule has 3 heteroatoms. The molecule has 23 heavy (non-hydrogen) atoms. The molecule has 0 atom stereocenters. The normalized spacial score (nSPS) is 10.5. The summed E-state index contributed by atoms with van der Waals surface area (Å²) in [5.41, 5.74) is 2.26. The lowest BCUT2D eigenvalue weighted by atomic mass is 10.2. The molecule has 0 fully saturated rings. The number of benzene rings is 3. The van der Waals surface area contributed by atoms with Crippen molar-refractivity contribution in [3.8, 4) is 5.75 Å². The van der Waals surface area contributed by atoms with Crippen LogP contribution in [0.2, 0.25) is 5.02 Å². The monoisotopic (exact) mass is 340 g/mol. The van der Waals surface area contributed by atoms with Crippen LogP contribution < -0.4 is 4.74 Å². The molecule has 0 heterocycles. The van der Waals surface area contributed by atoms with Crippen molar-refractivity contribution in [3.63, 3.8) is 0 Å². The van der Waals surface area contributed by atoms with Gasteiger partial charge in [-0.1, -0.05) is 65.8 Å². The zero-order chi connectivity index (χ0) is 16.1. The summed E-state index contributed by atoms with van der Waals surface area (Å²) in [6.07, 6.45) is 0. The van der Waals surface area contributed by atoms with Crippen LogP contribution in [0, 0.1) is 6.92 Å². The van der Waals surface area contributed by atoms with Gasteiger partial charge in [0.15, 0.2) is 0 Å². The van der Waals surface area contributed by atoms with E-state index in [1.165, 1.54) is 0 Å². The van der Waals surface area contributed by atoms with Gasteiger partial charge in [-0.15, -0.1) is 0 Å². The molecule has 3 aromatic carbocycles. The molecule has 1 nitrogen and oxygen atoms in total. The van der Waals surface area contributed by atoms with Crippen LogP contribution in [0.3, 0.4) is 0 Å². The van der Waals surface area contributed by atoms with Crippen molar-refractivity contribution in [1.82, 2.24) is 0 Å². The van der Waals surface area contributed by atoms with E-state index in [1.54, 1.807) is 11.8 Å². The molecule has 116 valence electrons. The third-order valence-electron chi connectivity index (χ3n) is 3.43. The van der Waals surface area contributed by atoms with Gasteiger partial charge < -0.3 is 4.74 Å². The van der Waals surface area contributed by atoms with Gasteiger partial charge in [-0.25, -0.2) is 0 Å². The standard InChI is InChI=1S/C20H17ClOS/c1-15-10-11-19(13-20(15)21)23-18-9-5-8-17(12-18)22-14-16-6-3-2-4-7-16/h2-13H,14H2,1H3. The van der Waals surface area contributed by atoms with E-state index in [0.717, 1.165) is 31.7 Å². The average Bonchev–Trinajstić information content (AvgIpc) is 2.58. The molecule has 0 aromatic heterocycles.